The van der Waals surface area contributed by atoms with Crippen LogP contribution in [0.2, 0.25) is 10.0 Å². The summed E-state index contributed by atoms with van der Waals surface area (Å²) in [6, 6.07) is 23.6. The molecule has 3 rings (SSSR count). The number of ether oxygens (including phenoxy) is 1. The molecule has 0 aliphatic heterocycles. The summed E-state index contributed by atoms with van der Waals surface area (Å²) in [5.74, 6) is 0.399. The van der Waals surface area contributed by atoms with E-state index in [9.17, 15) is 9.59 Å². The van der Waals surface area contributed by atoms with E-state index in [4.69, 9.17) is 27.9 Å². The Morgan fingerprint density at radius 1 is 0.946 bits per heavy atom. The van der Waals surface area contributed by atoms with Crippen molar-refractivity contribution in [1.82, 2.24) is 10.2 Å². The van der Waals surface area contributed by atoms with E-state index in [2.05, 4.69) is 5.32 Å². The summed E-state index contributed by atoms with van der Waals surface area (Å²) < 4.78 is 5.77. The Morgan fingerprint density at radius 3 is 2.30 bits per heavy atom. The van der Waals surface area contributed by atoms with E-state index < -0.39 is 6.04 Å². The molecule has 3 aromatic rings. The van der Waals surface area contributed by atoms with Crippen LogP contribution in [0.15, 0.2) is 78.9 Å². The van der Waals surface area contributed by atoms with Gasteiger partial charge in [-0.2, -0.15) is 0 Å². The average Bonchev–Trinajstić information content (AvgIpc) is 2.91. The monoisotopic (exact) mass is 540 g/mol. The molecule has 196 valence electrons. The van der Waals surface area contributed by atoms with Gasteiger partial charge in [-0.05, 0) is 61.2 Å². The van der Waals surface area contributed by atoms with Crippen molar-refractivity contribution in [2.75, 3.05) is 6.61 Å². The molecule has 0 aromatic heterocycles. The van der Waals surface area contributed by atoms with Crippen LogP contribution in [0.4, 0.5) is 0 Å². The van der Waals surface area contributed by atoms with Gasteiger partial charge in [-0.25, -0.2) is 0 Å². The minimum Gasteiger partial charge on any atom is -0.494 e. The van der Waals surface area contributed by atoms with Gasteiger partial charge < -0.3 is 15.0 Å². The number of halogens is 2. The molecule has 0 aliphatic rings. The zero-order valence-electron chi connectivity index (χ0n) is 21.3. The van der Waals surface area contributed by atoms with Crippen LogP contribution in [0.25, 0.3) is 0 Å². The minimum absolute atomic E-state index is 0.00388. The molecule has 0 bridgehead atoms. The maximum absolute atomic E-state index is 13.6. The Kier molecular flexibility index (Phi) is 11.3. The number of hydrogen-bond donors (Lipinski definition) is 1. The molecular weight excluding hydrogens is 507 g/mol. The molecule has 0 aliphatic carbocycles. The summed E-state index contributed by atoms with van der Waals surface area (Å²) in [5.41, 5.74) is 1.78. The van der Waals surface area contributed by atoms with Crippen molar-refractivity contribution in [3.8, 4) is 5.75 Å². The first-order valence-electron chi connectivity index (χ1n) is 12.6. The molecule has 5 nitrogen and oxygen atoms in total. The van der Waals surface area contributed by atoms with Gasteiger partial charge in [0.05, 0.1) is 6.61 Å². The molecule has 0 spiro atoms. The van der Waals surface area contributed by atoms with E-state index in [1.165, 1.54) is 0 Å². The Bertz CT molecular complexity index is 1140. The van der Waals surface area contributed by atoms with Crippen LogP contribution >= 0.6 is 23.2 Å². The number of nitrogens with one attached hydrogen (secondary N) is 1. The molecule has 0 saturated carbocycles. The second-order valence-corrected chi connectivity index (χ2v) is 9.89. The van der Waals surface area contributed by atoms with Gasteiger partial charge in [0.15, 0.2) is 0 Å². The normalized spacial score (nSPS) is 12.4. The van der Waals surface area contributed by atoms with Crippen LogP contribution in [0.1, 0.15) is 44.2 Å². The second kappa shape index (κ2) is 14.7. The average molecular weight is 542 g/mol. The van der Waals surface area contributed by atoms with Gasteiger partial charge in [-0.1, -0.05) is 78.7 Å². The highest BCUT2D eigenvalue weighted by molar-refractivity contribution is 6.31. The van der Waals surface area contributed by atoms with Gasteiger partial charge in [0, 0.05) is 35.5 Å². The van der Waals surface area contributed by atoms with Crippen LogP contribution in [-0.4, -0.2) is 35.4 Å². The largest absolute Gasteiger partial charge is 0.494 e. The van der Waals surface area contributed by atoms with Gasteiger partial charge in [-0.15, -0.1) is 0 Å². The van der Waals surface area contributed by atoms with Crippen molar-refractivity contribution in [3.63, 3.8) is 0 Å². The first-order valence-corrected chi connectivity index (χ1v) is 13.4. The standard InChI is InChI=1S/C30H34Cl2N2O3/c1-3-22(2)33-30(36)28(20-23-10-5-4-6-11-23)34(21-24-12-7-8-13-27(24)32)29(35)14-9-19-37-26-17-15-25(31)16-18-26/h4-8,10-13,15-18,22,28H,3,9,14,19-21H2,1-2H3,(H,33,36)/t22-,28-/m0/s1. The molecule has 0 heterocycles. The minimum atomic E-state index is -0.683. The van der Waals surface area contributed by atoms with Crippen molar-refractivity contribution in [2.24, 2.45) is 0 Å². The summed E-state index contributed by atoms with van der Waals surface area (Å²) in [6.07, 6.45) is 1.94. The van der Waals surface area contributed by atoms with Crippen molar-refractivity contribution >= 4 is 35.0 Å². The Balaban J connectivity index is 1.80. The molecule has 2 amide bonds. The van der Waals surface area contributed by atoms with Crippen molar-refractivity contribution in [3.05, 3.63) is 100 Å². The summed E-state index contributed by atoms with van der Waals surface area (Å²) in [4.78, 5) is 28.8. The third-order valence-electron chi connectivity index (χ3n) is 6.19. The lowest BCUT2D eigenvalue weighted by Gasteiger charge is -2.32. The fraction of sp³-hybridized carbons (Fsp3) is 0.333. The molecule has 0 saturated heterocycles. The quantitative estimate of drug-likeness (QED) is 0.245. The fourth-order valence-electron chi connectivity index (χ4n) is 3.89. The van der Waals surface area contributed by atoms with Crippen LogP contribution in [0, 0.1) is 0 Å². The van der Waals surface area contributed by atoms with E-state index in [-0.39, 0.29) is 30.8 Å². The smallest absolute Gasteiger partial charge is 0.243 e. The van der Waals surface area contributed by atoms with Crippen molar-refractivity contribution < 1.29 is 14.3 Å². The predicted octanol–water partition coefficient (Wildman–Crippen LogP) is 6.71. The first kappa shape index (κ1) is 28.5. The lowest BCUT2D eigenvalue weighted by Crippen LogP contribution is -2.52. The molecule has 7 heteroatoms. The third kappa shape index (κ3) is 9.10. The lowest BCUT2D eigenvalue weighted by molar-refractivity contribution is -0.141. The lowest BCUT2D eigenvalue weighted by atomic mass is 10.0. The maximum Gasteiger partial charge on any atom is 0.243 e. The molecule has 0 fully saturated rings. The zero-order chi connectivity index (χ0) is 26.6. The SMILES string of the molecule is CC[C@H](C)NC(=O)[C@H](Cc1ccccc1)N(Cc1ccccc1Cl)C(=O)CCCOc1ccc(Cl)cc1. The van der Waals surface area contributed by atoms with Gasteiger partial charge in [-0.3, -0.25) is 9.59 Å². The third-order valence-corrected chi connectivity index (χ3v) is 6.81. The van der Waals surface area contributed by atoms with Crippen LogP contribution in [0.5, 0.6) is 5.75 Å². The van der Waals surface area contributed by atoms with Gasteiger partial charge >= 0.3 is 0 Å². The van der Waals surface area contributed by atoms with Crippen molar-refractivity contribution in [2.45, 2.75) is 58.2 Å². The van der Waals surface area contributed by atoms with E-state index in [1.54, 1.807) is 35.2 Å². The second-order valence-electron chi connectivity index (χ2n) is 9.04. The van der Waals surface area contributed by atoms with E-state index >= 15 is 0 Å². The highest BCUT2D eigenvalue weighted by Crippen LogP contribution is 2.22. The fourth-order valence-corrected chi connectivity index (χ4v) is 4.21. The number of hydrogen-bond acceptors (Lipinski definition) is 3. The topological polar surface area (TPSA) is 58.6 Å². The summed E-state index contributed by atoms with van der Waals surface area (Å²) in [5, 5.41) is 4.28. The van der Waals surface area contributed by atoms with Gasteiger partial charge in [0.1, 0.15) is 11.8 Å². The number of benzene rings is 3. The molecule has 0 radical (unpaired) electrons. The summed E-state index contributed by atoms with van der Waals surface area (Å²) >= 11 is 12.4. The molecule has 2 atom stereocenters. The zero-order valence-corrected chi connectivity index (χ0v) is 22.8. The first-order chi connectivity index (χ1) is 17.9. The van der Waals surface area contributed by atoms with E-state index in [0.717, 1.165) is 17.5 Å². The molecular formula is C30H34Cl2N2O3. The predicted molar refractivity (Wildman–Crippen MR) is 150 cm³/mol. The Morgan fingerprint density at radius 2 is 1.62 bits per heavy atom. The maximum atomic E-state index is 13.6. The number of nitrogens with zero attached hydrogens (tertiary/aromatic N) is 1. The van der Waals surface area contributed by atoms with E-state index in [1.807, 2.05) is 62.4 Å². The number of carbonyl (C=O) groups excluding carboxylic acids is 2. The van der Waals surface area contributed by atoms with Gasteiger partial charge in [0.2, 0.25) is 11.8 Å². The highest BCUT2D eigenvalue weighted by Gasteiger charge is 2.31. The number of rotatable bonds is 13. The summed E-state index contributed by atoms with van der Waals surface area (Å²) in [7, 11) is 0. The van der Waals surface area contributed by atoms with Crippen LogP contribution < -0.4 is 10.1 Å². The Hall–Kier alpha value is -3.02. The summed E-state index contributed by atoms with van der Waals surface area (Å²) in [6.45, 7) is 4.59. The molecule has 1 N–H and O–H groups in total. The molecule has 3 aromatic carbocycles. The van der Waals surface area contributed by atoms with Crippen LogP contribution in [0.3, 0.4) is 0 Å². The molecule has 37 heavy (non-hydrogen) atoms. The highest BCUT2D eigenvalue weighted by atomic mass is 35.5. The van der Waals surface area contributed by atoms with E-state index in [0.29, 0.717) is 35.2 Å². The molecule has 0 unspecified atom stereocenters. The Labute approximate surface area is 229 Å². The van der Waals surface area contributed by atoms with Crippen LogP contribution in [-0.2, 0) is 22.6 Å². The van der Waals surface area contributed by atoms with Crippen molar-refractivity contribution in [1.29, 1.82) is 0 Å². The number of amides is 2. The number of carbonyl (C=O) groups is 2. The van der Waals surface area contributed by atoms with Gasteiger partial charge in [0.25, 0.3) is 0 Å².